The van der Waals surface area contributed by atoms with Crippen molar-refractivity contribution in [2.75, 3.05) is 13.2 Å². The van der Waals surface area contributed by atoms with Crippen LogP contribution in [0.2, 0.25) is 0 Å². The van der Waals surface area contributed by atoms with Crippen LogP contribution in [-0.4, -0.2) is 36.2 Å². The molecule has 1 aliphatic rings. The minimum absolute atomic E-state index is 0.0572. The van der Waals surface area contributed by atoms with E-state index in [4.69, 9.17) is 9.47 Å². The first-order valence-electron chi connectivity index (χ1n) is 7.05. The molecule has 118 valence electrons. The number of esters is 2. The van der Waals surface area contributed by atoms with Crippen molar-refractivity contribution in [3.05, 3.63) is 12.2 Å². The predicted octanol–water partition coefficient (Wildman–Crippen LogP) is 1.79. The first kappa shape index (κ1) is 17.2. The van der Waals surface area contributed by atoms with Crippen LogP contribution in [0.4, 0.5) is 0 Å². The van der Waals surface area contributed by atoms with Crippen LogP contribution in [0.25, 0.3) is 0 Å². The van der Waals surface area contributed by atoms with Crippen molar-refractivity contribution in [1.29, 1.82) is 0 Å². The summed E-state index contributed by atoms with van der Waals surface area (Å²) >= 11 is 0. The lowest BCUT2D eigenvalue weighted by Gasteiger charge is -2.30. The van der Waals surface area contributed by atoms with Crippen LogP contribution >= 0.6 is 0 Å². The highest BCUT2D eigenvalue weighted by Crippen LogP contribution is 2.34. The number of hydrogen-bond acceptors (Lipinski definition) is 5. The smallest absolute Gasteiger partial charge is 0.333 e. The molecule has 0 saturated heterocycles. The molecule has 0 bridgehead atoms. The van der Waals surface area contributed by atoms with Gasteiger partial charge in [0.05, 0.1) is 11.8 Å². The first-order chi connectivity index (χ1) is 9.82. The van der Waals surface area contributed by atoms with Crippen LogP contribution < -0.4 is 0 Å². The monoisotopic (exact) mass is 298 g/mol. The Morgan fingerprint density at radius 2 is 1.76 bits per heavy atom. The third-order valence-corrected chi connectivity index (χ3v) is 3.64. The fraction of sp³-hybridized carbons (Fsp3) is 0.667. The molecule has 1 N–H and O–H groups in total. The summed E-state index contributed by atoms with van der Waals surface area (Å²) in [6.07, 6.45) is 1.82. The Bertz CT molecular complexity index is 428. The number of carboxylic acid groups (broad SMARTS) is 1. The largest absolute Gasteiger partial charge is 0.481 e. The number of hydrogen-bond donors (Lipinski definition) is 1. The van der Waals surface area contributed by atoms with Crippen molar-refractivity contribution in [2.24, 2.45) is 17.8 Å². The van der Waals surface area contributed by atoms with E-state index >= 15 is 0 Å². The van der Waals surface area contributed by atoms with Gasteiger partial charge < -0.3 is 14.6 Å². The van der Waals surface area contributed by atoms with Gasteiger partial charge in [0, 0.05) is 5.57 Å². The van der Waals surface area contributed by atoms with Crippen molar-refractivity contribution < 1.29 is 29.0 Å². The fourth-order valence-corrected chi connectivity index (χ4v) is 2.44. The number of aliphatic carboxylic acids is 1. The minimum atomic E-state index is -0.961. The fourth-order valence-electron chi connectivity index (χ4n) is 2.44. The van der Waals surface area contributed by atoms with Crippen molar-refractivity contribution >= 4 is 17.9 Å². The second-order valence-electron chi connectivity index (χ2n) is 5.55. The Labute approximate surface area is 124 Å². The van der Waals surface area contributed by atoms with E-state index in [2.05, 4.69) is 6.58 Å². The molecule has 0 radical (unpaired) electrons. The summed E-state index contributed by atoms with van der Waals surface area (Å²) in [5.74, 6) is -3.04. The molecule has 6 heteroatoms. The zero-order valence-electron chi connectivity index (χ0n) is 12.5. The molecule has 3 atom stereocenters. The van der Waals surface area contributed by atoms with Crippen LogP contribution in [0.5, 0.6) is 0 Å². The van der Waals surface area contributed by atoms with Gasteiger partial charge in [-0.1, -0.05) is 13.5 Å². The van der Waals surface area contributed by atoms with Crippen molar-refractivity contribution in [2.45, 2.75) is 33.1 Å². The summed E-state index contributed by atoms with van der Waals surface area (Å²) in [6.45, 7) is 6.80. The van der Waals surface area contributed by atoms with Gasteiger partial charge in [0.15, 0.2) is 0 Å². The second-order valence-corrected chi connectivity index (χ2v) is 5.55. The van der Waals surface area contributed by atoms with E-state index in [1.165, 1.54) is 6.92 Å². The molecule has 1 aliphatic carbocycles. The highest BCUT2D eigenvalue weighted by Gasteiger charge is 2.39. The normalized spacial score (nSPS) is 25.0. The van der Waals surface area contributed by atoms with Gasteiger partial charge in [-0.15, -0.1) is 0 Å². The molecule has 0 aromatic carbocycles. The molecule has 1 saturated carbocycles. The number of carboxylic acids is 1. The Morgan fingerprint density at radius 1 is 1.14 bits per heavy atom. The molecular weight excluding hydrogens is 276 g/mol. The van der Waals surface area contributed by atoms with Gasteiger partial charge in [0.2, 0.25) is 0 Å². The van der Waals surface area contributed by atoms with Gasteiger partial charge in [-0.25, -0.2) is 4.79 Å². The maximum atomic E-state index is 12.0. The molecular formula is C15H22O6. The molecule has 1 fully saturated rings. The first-order valence-corrected chi connectivity index (χ1v) is 7.05. The number of rotatable bonds is 6. The lowest BCUT2D eigenvalue weighted by Crippen LogP contribution is -2.36. The third-order valence-electron chi connectivity index (χ3n) is 3.64. The van der Waals surface area contributed by atoms with Crippen LogP contribution in [0.1, 0.15) is 33.1 Å². The molecule has 6 nitrogen and oxygen atoms in total. The number of carbonyl (C=O) groups is 3. The average Bonchev–Trinajstić information content (AvgIpc) is 2.42. The highest BCUT2D eigenvalue weighted by atomic mass is 16.6. The molecule has 0 aliphatic heterocycles. The summed E-state index contributed by atoms with van der Waals surface area (Å²) in [7, 11) is 0. The lowest BCUT2D eigenvalue weighted by atomic mass is 9.74. The molecule has 3 unspecified atom stereocenters. The predicted molar refractivity (Wildman–Crippen MR) is 74.4 cm³/mol. The van der Waals surface area contributed by atoms with E-state index in [9.17, 15) is 19.5 Å². The summed E-state index contributed by atoms with van der Waals surface area (Å²) < 4.78 is 9.82. The van der Waals surface area contributed by atoms with Crippen LogP contribution in [-0.2, 0) is 23.9 Å². The van der Waals surface area contributed by atoms with Crippen LogP contribution in [0.15, 0.2) is 12.2 Å². The quantitative estimate of drug-likeness (QED) is 0.457. The maximum Gasteiger partial charge on any atom is 0.333 e. The Morgan fingerprint density at radius 3 is 2.33 bits per heavy atom. The summed E-state index contributed by atoms with van der Waals surface area (Å²) in [4.78, 5) is 34.3. The van der Waals surface area contributed by atoms with Gasteiger partial charge in [0.25, 0.3) is 0 Å². The molecule has 0 aromatic heterocycles. The lowest BCUT2D eigenvalue weighted by molar-refractivity contribution is -0.162. The van der Waals surface area contributed by atoms with Crippen LogP contribution in [0.3, 0.4) is 0 Å². The Kier molecular flexibility index (Phi) is 6.39. The van der Waals surface area contributed by atoms with Crippen molar-refractivity contribution in [1.82, 2.24) is 0 Å². The maximum absolute atomic E-state index is 12.0. The van der Waals surface area contributed by atoms with Gasteiger partial charge >= 0.3 is 17.9 Å². The minimum Gasteiger partial charge on any atom is -0.481 e. The van der Waals surface area contributed by atoms with E-state index < -0.39 is 29.7 Å². The average molecular weight is 298 g/mol. The van der Waals surface area contributed by atoms with Gasteiger partial charge in [-0.2, -0.15) is 0 Å². The zero-order valence-corrected chi connectivity index (χ0v) is 12.5. The summed E-state index contributed by atoms with van der Waals surface area (Å²) in [5, 5.41) is 9.19. The van der Waals surface area contributed by atoms with Crippen molar-refractivity contribution in [3.8, 4) is 0 Å². The molecule has 21 heavy (non-hydrogen) atoms. The molecule has 1 rings (SSSR count). The van der Waals surface area contributed by atoms with E-state index in [1.807, 2.05) is 6.92 Å². The topological polar surface area (TPSA) is 89.9 Å². The molecule has 0 aromatic rings. The second kappa shape index (κ2) is 7.81. The molecule has 0 heterocycles. The summed E-state index contributed by atoms with van der Waals surface area (Å²) in [5.41, 5.74) is 0.272. The van der Waals surface area contributed by atoms with Crippen molar-refractivity contribution in [3.63, 3.8) is 0 Å². The van der Waals surface area contributed by atoms with E-state index in [-0.39, 0.29) is 18.8 Å². The van der Waals surface area contributed by atoms with Crippen LogP contribution in [0, 0.1) is 17.8 Å². The SMILES string of the molecule is C=C(C)C(=O)OCCOC(=O)C1CCC(C)CC1C(=O)O. The Balaban J connectivity index is 2.41. The summed E-state index contributed by atoms with van der Waals surface area (Å²) in [6, 6.07) is 0. The number of ether oxygens (including phenoxy) is 2. The van der Waals surface area contributed by atoms with Gasteiger partial charge in [-0.05, 0) is 32.1 Å². The molecule has 0 amide bonds. The molecule has 0 spiro atoms. The zero-order chi connectivity index (χ0) is 16.0. The van der Waals surface area contributed by atoms with Gasteiger partial charge in [0.1, 0.15) is 13.2 Å². The number of carbonyl (C=O) groups excluding carboxylic acids is 2. The van der Waals surface area contributed by atoms with E-state index in [0.29, 0.717) is 18.8 Å². The van der Waals surface area contributed by atoms with E-state index in [0.717, 1.165) is 6.42 Å². The standard InChI is InChI=1S/C15H22O6/c1-9(2)14(18)20-6-7-21-15(19)11-5-4-10(3)8-12(11)13(16)17/h10-12H,1,4-8H2,2-3H3,(H,16,17). The Hall–Kier alpha value is -1.85. The third kappa shape index (κ3) is 5.21. The van der Waals surface area contributed by atoms with E-state index in [1.54, 1.807) is 0 Å². The van der Waals surface area contributed by atoms with Gasteiger partial charge in [-0.3, -0.25) is 9.59 Å². The highest BCUT2D eigenvalue weighted by molar-refractivity contribution is 5.87.